The summed E-state index contributed by atoms with van der Waals surface area (Å²) in [5, 5.41) is 2.34. The van der Waals surface area contributed by atoms with E-state index in [2.05, 4.69) is 0 Å². The van der Waals surface area contributed by atoms with Gasteiger partial charge in [0.15, 0.2) is 0 Å². The average molecular weight is 278 g/mol. The second-order valence-corrected chi connectivity index (χ2v) is 3.54. The van der Waals surface area contributed by atoms with E-state index in [1.807, 2.05) is 5.32 Å². The number of ether oxygens (including phenoxy) is 2. The maximum atomic E-state index is 11.4. The first kappa shape index (κ1) is 16.2. The summed E-state index contributed by atoms with van der Waals surface area (Å²) in [6.07, 6.45) is -1.83. The summed E-state index contributed by atoms with van der Waals surface area (Å²) in [7, 11) is 1.45. The van der Waals surface area contributed by atoms with E-state index in [0.717, 1.165) is 0 Å². The first-order valence-electron chi connectivity index (χ1n) is 4.47. The Morgan fingerprint density at radius 1 is 1.33 bits per heavy atom. The molecule has 0 aliphatic carbocycles. The lowest BCUT2D eigenvalue weighted by Crippen LogP contribution is -2.20. The summed E-state index contributed by atoms with van der Waals surface area (Å²) in [5.41, 5.74) is 0.356. The molecule has 2 rings (SSSR count). The van der Waals surface area contributed by atoms with Crippen molar-refractivity contribution in [1.82, 2.24) is 5.32 Å². The van der Waals surface area contributed by atoms with Crippen molar-refractivity contribution in [3.63, 3.8) is 0 Å². The molecule has 1 aliphatic rings. The van der Waals surface area contributed by atoms with E-state index in [1.54, 1.807) is 18.2 Å². The smallest absolute Gasteiger partial charge is 0.415 e. The van der Waals surface area contributed by atoms with E-state index in [0.29, 0.717) is 16.3 Å². The standard InChI is InChI=1S/C10H8ClNO4.2H2O/c1-15-6-4-2-3-5(11)7(6)8-9(13)12-10(14)16-8;;/h2-4,8H,1H3,(H,12,13,14);2*1H2. The van der Waals surface area contributed by atoms with Gasteiger partial charge in [-0.3, -0.25) is 10.1 Å². The minimum absolute atomic E-state index is 0. The molecule has 1 saturated heterocycles. The van der Waals surface area contributed by atoms with E-state index >= 15 is 0 Å². The molecule has 0 spiro atoms. The minimum Gasteiger partial charge on any atom is -0.496 e. The van der Waals surface area contributed by atoms with Gasteiger partial charge in [-0.2, -0.15) is 0 Å². The fourth-order valence-corrected chi connectivity index (χ4v) is 1.76. The van der Waals surface area contributed by atoms with Crippen LogP contribution in [0.2, 0.25) is 5.02 Å². The first-order valence-corrected chi connectivity index (χ1v) is 4.85. The molecule has 0 saturated carbocycles. The van der Waals surface area contributed by atoms with Gasteiger partial charge < -0.3 is 20.4 Å². The van der Waals surface area contributed by atoms with E-state index in [9.17, 15) is 9.59 Å². The maximum Gasteiger partial charge on any atom is 0.415 e. The van der Waals surface area contributed by atoms with Crippen LogP contribution in [0.5, 0.6) is 5.75 Å². The lowest BCUT2D eigenvalue weighted by Gasteiger charge is -2.13. The second-order valence-electron chi connectivity index (χ2n) is 3.13. The highest BCUT2D eigenvalue weighted by molar-refractivity contribution is 6.32. The lowest BCUT2D eigenvalue weighted by molar-refractivity contribution is -0.123. The molecule has 0 bridgehead atoms. The highest BCUT2D eigenvalue weighted by atomic mass is 35.5. The largest absolute Gasteiger partial charge is 0.496 e. The summed E-state index contributed by atoms with van der Waals surface area (Å²) >= 11 is 5.95. The number of hydrogen-bond donors (Lipinski definition) is 1. The van der Waals surface area contributed by atoms with Crippen LogP contribution in [0, 0.1) is 0 Å². The molecule has 100 valence electrons. The van der Waals surface area contributed by atoms with Crippen molar-refractivity contribution in [2.75, 3.05) is 7.11 Å². The van der Waals surface area contributed by atoms with Crippen LogP contribution >= 0.6 is 11.6 Å². The number of alkyl carbamates (subject to hydrolysis) is 1. The molecule has 8 heteroatoms. The Bertz CT molecular complexity index is 464. The monoisotopic (exact) mass is 277 g/mol. The number of imide groups is 1. The van der Waals surface area contributed by atoms with Gasteiger partial charge in [0, 0.05) is 0 Å². The van der Waals surface area contributed by atoms with Crippen LogP contribution in [0.4, 0.5) is 4.79 Å². The normalized spacial score (nSPS) is 17.1. The molecule has 1 atom stereocenters. The highest BCUT2D eigenvalue weighted by Gasteiger charge is 2.37. The molecule has 1 aromatic rings. The van der Waals surface area contributed by atoms with Gasteiger partial charge in [0.2, 0.25) is 6.10 Å². The molecule has 1 unspecified atom stereocenters. The van der Waals surface area contributed by atoms with E-state index in [-0.39, 0.29) is 11.0 Å². The Morgan fingerprint density at radius 3 is 2.50 bits per heavy atom. The van der Waals surface area contributed by atoms with Gasteiger partial charge in [-0.15, -0.1) is 0 Å². The minimum atomic E-state index is -1.05. The number of nitrogens with one attached hydrogen (secondary N) is 1. The predicted molar refractivity (Wildman–Crippen MR) is 62.6 cm³/mol. The molecular weight excluding hydrogens is 266 g/mol. The summed E-state index contributed by atoms with van der Waals surface area (Å²) in [6, 6.07) is 4.92. The maximum absolute atomic E-state index is 11.4. The Balaban J connectivity index is 0.00000144. The molecule has 2 amide bonds. The van der Waals surface area contributed by atoms with Crippen molar-refractivity contribution in [3.8, 4) is 5.75 Å². The topological polar surface area (TPSA) is 128 Å². The quantitative estimate of drug-likeness (QED) is 0.816. The zero-order valence-electron chi connectivity index (χ0n) is 9.32. The van der Waals surface area contributed by atoms with Crippen LogP contribution in [0.1, 0.15) is 11.7 Å². The van der Waals surface area contributed by atoms with Gasteiger partial charge >= 0.3 is 6.09 Å². The van der Waals surface area contributed by atoms with Crippen LogP contribution in [-0.4, -0.2) is 30.1 Å². The molecule has 1 fully saturated rings. The zero-order chi connectivity index (χ0) is 11.7. The fraction of sp³-hybridized carbons (Fsp3) is 0.200. The Hall–Kier alpha value is -1.83. The first-order chi connectivity index (χ1) is 7.63. The number of hydrogen-bond acceptors (Lipinski definition) is 4. The van der Waals surface area contributed by atoms with E-state index < -0.39 is 18.1 Å². The second kappa shape index (κ2) is 6.20. The molecule has 0 aromatic heterocycles. The Morgan fingerprint density at radius 2 is 2.00 bits per heavy atom. The van der Waals surface area contributed by atoms with Gasteiger partial charge in [0.25, 0.3) is 5.91 Å². The van der Waals surface area contributed by atoms with Crippen molar-refractivity contribution >= 4 is 23.6 Å². The predicted octanol–water partition coefficient (Wildman–Crippen LogP) is 0.00670. The van der Waals surface area contributed by atoms with Crippen LogP contribution in [0.3, 0.4) is 0 Å². The van der Waals surface area contributed by atoms with Crippen molar-refractivity contribution in [2.24, 2.45) is 0 Å². The molecule has 1 aromatic carbocycles. The number of cyclic esters (lactones) is 1. The van der Waals surface area contributed by atoms with Crippen LogP contribution in [0.25, 0.3) is 0 Å². The SMILES string of the molecule is COc1cccc(Cl)c1C1OC(=O)NC1=O.O.O. The summed E-state index contributed by atoms with van der Waals surface area (Å²) in [6.45, 7) is 0. The molecule has 18 heavy (non-hydrogen) atoms. The van der Waals surface area contributed by atoms with E-state index in [4.69, 9.17) is 21.1 Å². The van der Waals surface area contributed by atoms with Crippen LogP contribution in [0.15, 0.2) is 18.2 Å². The third-order valence-corrected chi connectivity index (χ3v) is 2.51. The third kappa shape index (κ3) is 2.70. The van der Waals surface area contributed by atoms with Gasteiger partial charge in [-0.1, -0.05) is 17.7 Å². The molecule has 1 heterocycles. The Labute approximate surface area is 107 Å². The number of amides is 2. The highest BCUT2D eigenvalue weighted by Crippen LogP contribution is 2.35. The number of benzene rings is 1. The Kier molecular flexibility index (Phi) is 5.57. The molecule has 7 nitrogen and oxygen atoms in total. The molecule has 1 aliphatic heterocycles. The third-order valence-electron chi connectivity index (χ3n) is 2.18. The summed E-state index contributed by atoms with van der Waals surface area (Å²) in [5.74, 6) is -0.140. The number of carbonyl (C=O) groups excluding carboxylic acids is 2. The van der Waals surface area contributed by atoms with Crippen molar-refractivity contribution < 1.29 is 30.0 Å². The van der Waals surface area contributed by atoms with Crippen molar-refractivity contribution in [2.45, 2.75) is 6.10 Å². The average Bonchev–Trinajstić information content (AvgIpc) is 2.57. The van der Waals surface area contributed by atoms with Gasteiger partial charge in [0.05, 0.1) is 17.7 Å². The van der Waals surface area contributed by atoms with Gasteiger partial charge in [-0.25, -0.2) is 4.79 Å². The van der Waals surface area contributed by atoms with Crippen molar-refractivity contribution in [1.29, 1.82) is 0 Å². The number of carbonyl (C=O) groups is 2. The lowest BCUT2D eigenvalue weighted by atomic mass is 10.1. The molecular formula is C10H12ClNO6. The van der Waals surface area contributed by atoms with Crippen molar-refractivity contribution in [3.05, 3.63) is 28.8 Å². The van der Waals surface area contributed by atoms with Gasteiger partial charge in [0.1, 0.15) is 5.75 Å². The molecule has 5 N–H and O–H groups in total. The number of methoxy groups -OCH3 is 1. The summed E-state index contributed by atoms with van der Waals surface area (Å²) < 4.78 is 9.89. The van der Waals surface area contributed by atoms with E-state index in [1.165, 1.54) is 7.11 Å². The fourth-order valence-electron chi connectivity index (χ4n) is 1.50. The van der Waals surface area contributed by atoms with Crippen LogP contribution < -0.4 is 10.1 Å². The molecule has 0 radical (unpaired) electrons. The number of rotatable bonds is 2. The summed E-state index contributed by atoms with van der Waals surface area (Å²) in [4.78, 5) is 22.3. The van der Waals surface area contributed by atoms with Gasteiger partial charge in [-0.05, 0) is 12.1 Å². The van der Waals surface area contributed by atoms with Crippen LogP contribution in [-0.2, 0) is 9.53 Å². The number of halogens is 1. The zero-order valence-corrected chi connectivity index (χ0v) is 10.1.